The largest absolute Gasteiger partial charge is 0.481 e. The lowest BCUT2D eigenvalue weighted by Crippen LogP contribution is -2.23. The van der Waals surface area contributed by atoms with Gasteiger partial charge in [-0.15, -0.1) is 0 Å². The molecule has 0 unspecified atom stereocenters. The van der Waals surface area contributed by atoms with Crippen LogP contribution in [0.25, 0.3) is 10.8 Å². The highest BCUT2D eigenvalue weighted by Gasteiger charge is 2.16. The fourth-order valence-corrected chi connectivity index (χ4v) is 3.11. The number of amides is 1. The molecule has 1 amide bonds. The van der Waals surface area contributed by atoms with Crippen LogP contribution in [-0.4, -0.2) is 28.2 Å². The quantitative estimate of drug-likeness (QED) is 0.543. The van der Waals surface area contributed by atoms with Crippen LogP contribution in [0.3, 0.4) is 0 Å². The SMILES string of the molecule is COc1cc(=O)[nH]c(S[C@@H](C)C(=O)Nc2ccc3ccccc3c2)n1. The molecule has 1 heterocycles. The van der Waals surface area contributed by atoms with E-state index in [0.29, 0.717) is 5.16 Å². The third-order valence-corrected chi connectivity index (χ3v) is 4.56. The number of aromatic nitrogens is 2. The van der Waals surface area contributed by atoms with Gasteiger partial charge in [0.25, 0.3) is 5.56 Å². The number of methoxy groups -OCH3 is 1. The van der Waals surface area contributed by atoms with Crippen molar-refractivity contribution in [2.45, 2.75) is 17.3 Å². The van der Waals surface area contributed by atoms with Crippen LogP contribution in [-0.2, 0) is 4.79 Å². The number of hydrogen-bond acceptors (Lipinski definition) is 5. The second-order valence-electron chi connectivity index (χ2n) is 5.40. The average molecular weight is 355 g/mol. The van der Waals surface area contributed by atoms with Crippen LogP contribution in [0.1, 0.15) is 6.92 Å². The van der Waals surface area contributed by atoms with Gasteiger partial charge in [-0.3, -0.25) is 9.59 Å². The van der Waals surface area contributed by atoms with Crippen LogP contribution >= 0.6 is 11.8 Å². The zero-order chi connectivity index (χ0) is 17.8. The van der Waals surface area contributed by atoms with E-state index in [0.717, 1.165) is 28.2 Å². The molecular formula is C18H17N3O3S. The first kappa shape index (κ1) is 17.0. The summed E-state index contributed by atoms with van der Waals surface area (Å²) < 4.78 is 4.97. The molecule has 0 saturated carbocycles. The van der Waals surface area contributed by atoms with Crippen molar-refractivity contribution in [2.75, 3.05) is 12.4 Å². The number of carbonyl (C=O) groups excluding carboxylic acids is 1. The Labute approximate surface area is 148 Å². The van der Waals surface area contributed by atoms with E-state index in [2.05, 4.69) is 15.3 Å². The summed E-state index contributed by atoms with van der Waals surface area (Å²) in [4.78, 5) is 30.7. The lowest BCUT2D eigenvalue weighted by atomic mass is 10.1. The summed E-state index contributed by atoms with van der Waals surface area (Å²) in [5.74, 6) is 0.0409. The molecule has 0 aliphatic rings. The van der Waals surface area contributed by atoms with Gasteiger partial charge in [-0.25, -0.2) is 0 Å². The minimum atomic E-state index is -0.443. The number of aromatic amines is 1. The maximum Gasteiger partial charge on any atom is 0.255 e. The van der Waals surface area contributed by atoms with E-state index in [1.54, 1.807) is 6.92 Å². The van der Waals surface area contributed by atoms with E-state index >= 15 is 0 Å². The van der Waals surface area contributed by atoms with Crippen molar-refractivity contribution < 1.29 is 9.53 Å². The number of ether oxygens (including phenoxy) is 1. The van der Waals surface area contributed by atoms with Gasteiger partial charge in [-0.1, -0.05) is 42.1 Å². The van der Waals surface area contributed by atoms with Crippen molar-refractivity contribution in [3.63, 3.8) is 0 Å². The lowest BCUT2D eigenvalue weighted by Gasteiger charge is -2.12. The predicted molar refractivity (Wildman–Crippen MR) is 99.3 cm³/mol. The Morgan fingerprint density at radius 1 is 1.20 bits per heavy atom. The Balaban J connectivity index is 1.71. The van der Waals surface area contributed by atoms with E-state index in [4.69, 9.17) is 4.74 Å². The highest BCUT2D eigenvalue weighted by molar-refractivity contribution is 8.00. The lowest BCUT2D eigenvalue weighted by molar-refractivity contribution is -0.115. The molecule has 1 atom stereocenters. The molecule has 0 bridgehead atoms. The molecule has 0 radical (unpaired) electrons. The molecule has 128 valence electrons. The van der Waals surface area contributed by atoms with Gasteiger partial charge in [0.15, 0.2) is 5.16 Å². The smallest absolute Gasteiger partial charge is 0.255 e. The van der Waals surface area contributed by atoms with Gasteiger partial charge in [0.1, 0.15) is 0 Å². The molecule has 2 N–H and O–H groups in total. The number of anilines is 1. The second kappa shape index (κ2) is 7.40. The summed E-state index contributed by atoms with van der Waals surface area (Å²) in [5.41, 5.74) is 0.403. The summed E-state index contributed by atoms with van der Waals surface area (Å²) in [6, 6.07) is 14.9. The van der Waals surface area contributed by atoms with Gasteiger partial charge in [-0.2, -0.15) is 4.98 Å². The molecule has 6 nitrogen and oxygen atoms in total. The van der Waals surface area contributed by atoms with E-state index in [1.807, 2.05) is 42.5 Å². The molecule has 25 heavy (non-hydrogen) atoms. The van der Waals surface area contributed by atoms with Crippen molar-refractivity contribution in [2.24, 2.45) is 0 Å². The summed E-state index contributed by atoms with van der Waals surface area (Å²) in [6.07, 6.45) is 0. The minimum Gasteiger partial charge on any atom is -0.481 e. The number of nitrogens with one attached hydrogen (secondary N) is 2. The Morgan fingerprint density at radius 3 is 2.72 bits per heavy atom. The van der Waals surface area contributed by atoms with Crippen LogP contribution in [0.5, 0.6) is 5.88 Å². The molecule has 0 spiro atoms. The fourth-order valence-electron chi connectivity index (χ4n) is 2.31. The summed E-state index contributed by atoms with van der Waals surface area (Å²) in [7, 11) is 1.44. The first-order chi connectivity index (χ1) is 12.0. The minimum absolute atomic E-state index is 0.175. The van der Waals surface area contributed by atoms with E-state index in [1.165, 1.54) is 13.2 Å². The highest BCUT2D eigenvalue weighted by atomic mass is 32.2. The van der Waals surface area contributed by atoms with Gasteiger partial charge in [-0.05, 0) is 29.8 Å². The van der Waals surface area contributed by atoms with Gasteiger partial charge in [0.05, 0.1) is 18.4 Å². The van der Waals surface area contributed by atoms with Crippen molar-refractivity contribution in [1.82, 2.24) is 9.97 Å². The number of rotatable bonds is 5. The molecule has 3 aromatic rings. The van der Waals surface area contributed by atoms with Crippen molar-refractivity contribution in [3.05, 3.63) is 58.9 Å². The Bertz CT molecular complexity index is 971. The Morgan fingerprint density at radius 2 is 1.96 bits per heavy atom. The Hall–Kier alpha value is -2.80. The average Bonchev–Trinajstić information content (AvgIpc) is 2.61. The third-order valence-electron chi connectivity index (χ3n) is 3.58. The van der Waals surface area contributed by atoms with Gasteiger partial charge in [0.2, 0.25) is 11.8 Å². The molecular weight excluding hydrogens is 338 g/mol. The predicted octanol–water partition coefficient (Wildman–Crippen LogP) is 3.05. The summed E-state index contributed by atoms with van der Waals surface area (Å²) in [6.45, 7) is 1.75. The number of carbonyl (C=O) groups is 1. The van der Waals surface area contributed by atoms with Crippen molar-refractivity contribution >= 4 is 34.1 Å². The molecule has 0 fully saturated rings. The standard InChI is InChI=1S/C18H17N3O3S/c1-11(25-18-20-15(22)10-16(21-18)24-2)17(23)19-14-8-7-12-5-3-4-6-13(12)9-14/h3-11H,1-2H3,(H,19,23)(H,20,21,22)/t11-/m0/s1. The molecule has 2 aromatic carbocycles. The molecule has 3 rings (SSSR count). The number of thioether (sulfide) groups is 1. The fraction of sp³-hybridized carbons (Fsp3) is 0.167. The first-order valence-corrected chi connectivity index (χ1v) is 8.55. The van der Waals surface area contributed by atoms with Gasteiger partial charge in [0, 0.05) is 5.69 Å². The number of nitrogens with zero attached hydrogens (tertiary/aromatic N) is 1. The topological polar surface area (TPSA) is 84.1 Å². The van der Waals surface area contributed by atoms with E-state index in [-0.39, 0.29) is 17.3 Å². The number of fused-ring (bicyclic) bond motifs is 1. The first-order valence-electron chi connectivity index (χ1n) is 7.67. The van der Waals surface area contributed by atoms with Gasteiger partial charge >= 0.3 is 0 Å². The molecule has 0 saturated heterocycles. The zero-order valence-electron chi connectivity index (χ0n) is 13.8. The third kappa shape index (κ3) is 4.19. The number of benzene rings is 2. The van der Waals surface area contributed by atoms with E-state index in [9.17, 15) is 9.59 Å². The van der Waals surface area contributed by atoms with Crippen LogP contribution in [0.4, 0.5) is 5.69 Å². The van der Waals surface area contributed by atoms with Gasteiger partial charge < -0.3 is 15.0 Å². The maximum atomic E-state index is 12.4. The Kier molecular flexibility index (Phi) is 5.04. The van der Waals surface area contributed by atoms with Crippen LogP contribution in [0.15, 0.2) is 58.5 Å². The molecule has 0 aliphatic carbocycles. The maximum absolute atomic E-state index is 12.4. The normalized spacial score (nSPS) is 11.9. The monoisotopic (exact) mass is 355 g/mol. The second-order valence-corrected chi connectivity index (χ2v) is 6.73. The zero-order valence-corrected chi connectivity index (χ0v) is 14.6. The molecule has 1 aromatic heterocycles. The number of hydrogen-bond donors (Lipinski definition) is 2. The van der Waals surface area contributed by atoms with Crippen LogP contribution < -0.4 is 15.6 Å². The summed E-state index contributed by atoms with van der Waals surface area (Å²) >= 11 is 1.16. The molecule has 7 heteroatoms. The van der Waals surface area contributed by atoms with Crippen molar-refractivity contribution in [3.8, 4) is 5.88 Å². The van der Waals surface area contributed by atoms with E-state index < -0.39 is 5.25 Å². The number of H-pyrrole nitrogens is 1. The summed E-state index contributed by atoms with van der Waals surface area (Å²) in [5, 5.41) is 4.95. The highest BCUT2D eigenvalue weighted by Crippen LogP contribution is 2.23. The van der Waals surface area contributed by atoms with Crippen molar-refractivity contribution in [1.29, 1.82) is 0 Å². The molecule has 0 aliphatic heterocycles. The van der Waals surface area contributed by atoms with Crippen LogP contribution in [0.2, 0.25) is 0 Å². The van der Waals surface area contributed by atoms with Crippen LogP contribution in [0, 0.1) is 0 Å².